The van der Waals surface area contributed by atoms with Crippen LogP contribution < -0.4 is 0 Å². The van der Waals surface area contributed by atoms with Gasteiger partial charge in [-0.15, -0.1) is 11.3 Å². The van der Waals surface area contributed by atoms with Gasteiger partial charge < -0.3 is 5.11 Å². The van der Waals surface area contributed by atoms with Crippen molar-refractivity contribution < 1.29 is 5.11 Å². The summed E-state index contributed by atoms with van der Waals surface area (Å²) in [5.74, 6) is 0.952. The maximum absolute atomic E-state index is 9.59. The first-order valence-electron chi connectivity index (χ1n) is 4.74. The molecule has 0 bridgehead atoms. The standard InChI is InChI=1S/C11H13NOS/c1-7(2)6-10-12-8-4-3-5-9(13)11(8)14-10/h3-5,7,13H,6H2,1-2H3. The lowest BCUT2D eigenvalue weighted by Gasteiger charge is -1.97. The Kier molecular flexibility index (Phi) is 2.42. The van der Waals surface area contributed by atoms with E-state index in [-0.39, 0.29) is 0 Å². The minimum atomic E-state index is 0.343. The van der Waals surface area contributed by atoms with Gasteiger partial charge in [-0.25, -0.2) is 4.98 Å². The first-order chi connectivity index (χ1) is 6.66. The monoisotopic (exact) mass is 207 g/mol. The number of benzene rings is 1. The van der Waals surface area contributed by atoms with Crippen molar-refractivity contribution in [1.29, 1.82) is 0 Å². The zero-order chi connectivity index (χ0) is 10.1. The maximum Gasteiger partial charge on any atom is 0.135 e. The maximum atomic E-state index is 9.59. The Balaban J connectivity index is 2.46. The van der Waals surface area contributed by atoms with Gasteiger partial charge in [0.2, 0.25) is 0 Å². The Morgan fingerprint density at radius 2 is 2.21 bits per heavy atom. The summed E-state index contributed by atoms with van der Waals surface area (Å²) in [7, 11) is 0. The van der Waals surface area contributed by atoms with Crippen LogP contribution in [0, 0.1) is 5.92 Å². The summed E-state index contributed by atoms with van der Waals surface area (Å²) < 4.78 is 0.906. The van der Waals surface area contributed by atoms with E-state index in [4.69, 9.17) is 0 Å². The van der Waals surface area contributed by atoms with Crippen LogP contribution in [0.3, 0.4) is 0 Å². The molecule has 0 unspecified atom stereocenters. The molecule has 1 N–H and O–H groups in total. The van der Waals surface area contributed by atoms with Gasteiger partial charge in [-0.1, -0.05) is 19.9 Å². The molecule has 2 rings (SSSR count). The molecule has 0 radical (unpaired) electrons. The van der Waals surface area contributed by atoms with Crippen LogP contribution in [0.2, 0.25) is 0 Å². The summed E-state index contributed by atoms with van der Waals surface area (Å²) in [4.78, 5) is 4.47. The molecular weight excluding hydrogens is 194 g/mol. The molecule has 0 fully saturated rings. The van der Waals surface area contributed by atoms with Crippen molar-refractivity contribution in [3.8, 4) is 5.75 Å². The molecule has 0 spiro atoms. The molecule has 0 aliphatic heterocycles. The van der Waals surface area contributed by atoms with E-state index in [2.05, 4.69) is 18.8 Å². The number of phenolic OH excluding ortho intramolecular Hbond substituents is 1. The smallest absolute Gasteiger partial charge is 0.135 e. The van der Waals surface area contributed by atoms with Gasteiger partial charge in [0.25, 0.3) is 0 Å². The van der Waals surface area contributed by atoms with Gasteiger partial charge in [0, 0.05) is 6.42 Å². The van der Waals surface area contributed by atoms with E-state index in [1.165, 1.54) is 0 Å². The van der Waals surface area contributed by atoms with Crippen molar-refractivity contribution in [2.45, 2.75) is 20.3 Å². The average Bonchev–Trinajstić information content (AvgIpc) is 2.47. The van der Waals surface area contributed by atoms with Crippen LogP contribution >= 0.6 is 11.3 Å². The van der Waals surface area contributed by atoms with Crippen LogP contribution in [0.15, 0.2) is 18.2 Å². The third-order valence-corrected chi connectivity index (χ3v) is 3.14. The summed E-state index contributed by atoms with van der Waals surface area (Å²) in [6.07, 6.45) is 0.985. The van der Waals surface area contributed by atoms with Gasteiger partial charge in [-0.3, -0.25) is 0 Å². The summed E-state index contributed by atoms with van der Waals surface area (Å²) in [5.41, 5.74) is 0.908. The van der Waals surface area contributed by atoms with E-state index in [9.17, 15) is 5.11 Å². The normalized spacial score (nSPS) is 11.4. The zero-order valence-corrected chi connectivity index (χ0v) is 9.14. The van der Waals surface area contributed by atoms with E-state index in [1.807, 2.05) is 12.1 Å². The van der Waals surface area contributed by atoms with E-state index in [0.717, 1.165) is 21.6 Å². The highest BCUT2D eigenvalue weighted by atomic mass is 32.1. The number of nitrogens with zero attached hydrogens (tertiary/aromatic N) is 1. The van der Waals surface area contributed by atoms with Crippen LogP contribution in [0.4, 0.5) is 0 Å². The molecule has 3 heteroatoms. The number of rotatable bonds is 2. The van der Waals surface area contributed by atoms with Crippen LogP contribution in [-0.2, 0) is 6.42 Å². The second kappa shape index (κ2) is 3.58. The Morgan fingerprint density at radius 3 is 2.86 bits per heavy atom. The van der Waals surface area contributed by atoms with Crippen LogP contribution in [0.25, 0.3) is 10.2 Å². The molecule has 1 aromatic heterocycles. The van der Waals surface area contributed by atoms with Crippen LogP contribution in [0.1, 0.15) is 18.9 Å². The van der Waals surface area contributed by atoms with Gasteiger partial charge in [0.1, 0.15) is 5.75 Å². The molecule has 2 nitrogen and oxygen atoms in total. The second-order valence-corrected chi connectivity index (χ2v) is 4.91. The van der Waals surface area contributed by atoms with Gasteiger partial charge >= 0.3 is 0 Å². The van der Waals surface area contributed by atoms with Crippen molar-refractivity contribution in [3.63, 3.8) is 0 Å². The fourth-order valence-electron chi connectivity index (χ4n) is 1.42. The molecule has 2 aromatic rings. The van der Waals surface area contributed by atoms with Crippen molar-refractivity contribution >= 4 is 21.6 Å². The first kappa shape index (κ1) is 9.46. The number of aromatic hydroxyl groups is 1. The van der Waals surface area contributed by atoms with E-state index in [0.29, 0.717) is 11.7 Å². The highest BCUT2D eigenvalue weighted by Gasteiger charge is 2.07. The average molecular weight is 207 g/mol. The quantitative estimate of drug-likeness (QED) is 0.820. The number of hydrogen-bond acceptors (Lipinski definition) is 3. The summed E-state index contributed by atoms with van der Waals surface area (Å²) >= 11 is 1.59. The molecule has 0 saturated carbocycles. The van der Waals surface area contributed by atoms with Crippen molar-refractivity contribution in [2.75, 3.05) is 0 Å². The first-order valence-corrected chi connectivity index (χ1v) is 5.56. The highest BCUT2D eigenvalue weighted by molar-refractivity contribution is 7.19. The Bertz CT molecular complexity index is 447. The van der Waals surface area contributed by atoms with Gasteiger partial charge in [0.15, 0.2) is 0 Å². The minimum absolute atomic E-state index is 0.343. The lowest BCUT2D eigenvalue weighted by molar-refractivity contribution is 0.482. The molecule has 74 valence electrons. The minimum Gasteiger partial charge on any atom is -0.506 e. The third-order valence-electron chi connectivity index (χ3n) is 2.02. The molecule has 0 atom stereocenters. The Hall–Kier alpha value is -1.09. The van der Waals surface area contributed by atoms with Crippen molar-refractivity contribution in [2.24, 2.45) is 5.92 Å². The molecular formula is C11H13NOS. The van der Waals surface area contributed by atoms with Gasteiger partial charge in [-0.2, -0.15) is 0 Å². The summed E-state index contributed by atoms with van der Waals surface area (Å²) in [5, 5.41) is 10.7. The molecule has 0 saturated heterocycles. The number of aromatic nitrogens is 1. The largest absolute Gasteiger partial charge is 0.506 e. The fraction of sp³-hybridized carbons (Fsp3) is 0.364. The molecule has 0 aliphatic rings. The predicted octanol–water partition coefficient (Wildman–Crippen LogP) is 3.20. The predicted molar refractivity (Wildman–Crippen MR) is 59.8 cm³/mol. The SMILES string of the molecule is CC(C)Cc1nc2cccc(O)c2s1. The number of fused-ring (bicyclic) bond motifs is 1. The van der Waals surface area contributed by atoms with Gasteiger partial charge in [-0.05, 0) is 18.1 Å². The zero-order valence-electron chi connectivity index (χ0n) is 8.32. The third kappa shape index (κ3) is 1.73. The lowest BCUT2D eigenvalue weighted by atomic mass is 10.1. The molecule has 0 aliphatic carbocycles. The van der Waals surface area contributed by atoms with Crippen LogP contribution in [-0.4, -0.2) is 10.1 Å². The van der Waals surface area contributed by atoms with E-state index >= 15 is 0 Å². The van der Waals surface area contributed by atoms with Crippen molar-refractivity contribution in [1.82, 2.24) is 4.98 Å². The number of thiazole rings is 1. The number of phenols is 1. The number of hydrogen-bond donors (Lipinski definition) is 1. The topological polar surface area (TPSA) is 33.1 Å². The Labute approximate surface area is 87.2 Å². The van der Waals surface area contributed by atoms with Crippen LogP contribution in [0.5, 0.6) is 5.75 Å². The molecule has 1 heterocycles. The fourth-order valence-corrected chi connectivity index (χ4v) is 2.60. The molecule has 0 amide bonds. The van der Waals surface area contributed by atoms with E-state index < -0.39 is 0 Å². The highest BCUT2D eigenvalue weighted by Crippen LogP contribution is 2.30. The van der Waals surface area contributed by atoms with E-state index in [1.54, 1.807) is 17.4 Å². The molecule has 1 aromatic carbocycles. The van der Waals surface area contributed by atoms with Gasteiger partial charge in [0.05, 0.1) is 15.2 Å². The summed E-state index contributed by atoms with van der Waals surface area (Å²) in [6, 6.07) is 5.48. The molecule has 14 heavy (non-hydrogen) atoms. The Morgan fingerprint density at radius 1 is 1.43 bits per heavy atom. The summed E-state index contributed by atoms with van der Waals surface area (Å²) in [6.45, 7) is 4.35. The second-order valence-electron chi connectivity index (χ2n) is 3.83. The van der Waals surface area contributed by atoms with Crippen molar-refractivity contribution in [3.05, 3.63) is 23.2 Å². The lowest BCUT2D eigenvalue weighted by Crippen LogP contribution is -1.91.